The first-order valence-electron chi connectivity index (χ1n) is 7.03. The molecule has 0 fully saturated rings. The number of benzene rings is 1. The quantitative estimate of drug-likeness (QED) is 0.839. The van der Waals surface area contributed by atoms with Crippen molar-refractivity contribution in [1.82, 2.24) is 5.32 Å². The van der Waals surface area contributed by atoms with Gasteiger partial charge >= 0.3 is 0 Å². The van der Waals surface area contributed by atoms with Crippen LogP contribution in [0.5, 0.6) is 0 Å². The predicted molar refractivity (Wildman–Crippen MR) is 79.4 cm³/mol. The molecule has 0 bridgehead atoms. The molecule has 0 radical (unpaired) electrons. The van der Waals surface area contributed by atoms with Crippen LogP contribution in [0.1, 0.15) is 41.6 Å². The molecule has 0 spiro atoms. The van der Waals surface area contributed by atoms with Gasteiger partial charge in [0.25, 0.3) is 0 Å². The van der Waals surface area contributed by atoms with E-state index in [1.807, 2.05) is 12.3 Å². The second-order valence-corrected chi connectivity index (χ2v) is 5.15. The van der Waals surface area contributed by atoms with Crippen molar-refractivity contribution in [2.45, 2.75) is 39.7 Å². The molecule has 1 unspecified atom stereocenters. The van der Waals surface area contributed by atoms with Gasteiger partial charge in [-0.2, -0.15) is 0 Å². The monoisotopic (exact) mass is 257 g/mol. The summed E-state index contributed by atoms with van der Waals surface area (Å²) >= 11 is 0. The van der Waals surface area contributed by atoms with Gasteiger partial charge in [0.05, 0.1) is 12.5 Å². The number of aryl methyl sites for hydroxylation is 2. The molecule has 2 nitrogen and oxygen atoms in total. The molecule has 2 heteroatoms. The van der Waals surface area contributed by atoms with Crippen LogP contribution in [-0.2, 0) is 6.42 Å². The van der Waals surface area contributed by atoms with Gasteiger partial charge in [-0.05, 0) is 61.6 Å². The van der Waals surface area contributed by atoms with E-state index in [0.717, 1.165) is 19.4 Å². The molecular weight excluding hydrogens is 234 g/mol. The fourth-order valence-corrected chi connectivity index (χ4v) is 2.62. The highest BCUT2D eigenvalue weighted by Crippen LogP contribution is 2.25. The van der Waals surface area contributed by atoms with E-state index in [0.29, 0.717) is 6.04 Å². The molecule has 0 saturated carbocycles. The molecule has 0 aliphatic heterocycles. The molecule has 2 rings (SSSR count). The molecule has 1 N–H and O–H groups in total. The Kier molecular flexibility index (Phi) is 4.80. The summed E-state index contributed by atoms with van der Waals surface area (Å²) in [5, 5.41) is 3.66. The van der Waals surface area contributed by atoms with Crippen LogP contribution in [0.15, 0.2) is 41.2 Å². The lowest BCUT2D eigenvalue weighted by molar-refractivity contribution is 0.517. The molecule has 1 heterocycles. The molecule has 0 saturated heterocycles. The molecule has 0 aliphatic rings. The Hall–Kier alpha value is -1.54. The predicted octanol–water partition coefficient (Wildman–Crippen LogP) is 4.18. The second-order valence-electron chi connectivity index (χ2n) is 5.15. The summed E-state index contributed by atoms with van der Waals surface area (Å²) in [5.41, 5.74) is 5.39. The number of nitrogens with one attached hydrogen (secondary N) is 1. The van der Waals surface area contributed by atoms with E-state index in [9.17, 15) is 0 Å². The van der Waals surface area contributed by atoms with Crippen molar-refractivity contribution < 1.29 is 4.42 Å². The molecular formula is C17H23NO. The Bertz CT molecular complexity index is 482. The van der Waals surface area contributed by atoms with Crippen molar-refractivity contribution in [2.24, 2.45) is 0 Å². The van der Waals surface area contributed by atoms with Crippen LogP contribution >= 0.6 is 0 Å². The van der Waals surface area contributed by atoms with Gasteiger partial charge in [0, 0.05) is 6.04 Å². The Morgan fingerprint density at radius 1 is 1.16 bits per heavy atom. The molecule has 1 atom stereocenters. The zero-order valence-corrected chi connectivity index (χ0v) is 12.1. The third-order valence-electron chi connectivity index (χ3n) is 3.55. The Labute approximate surface area is 115 Å². The molecule has 102 valence electrons. The summed E-state index contributed by atoms with van der Waals surface area (Å²) in [7, 11) is 0. The van der Waals surface area contributed by atoms with Crippen molar-refractivity contribution in [2.75, 3.05) is 6.54 Å². The summed E-state index contributed by atoms with van der Waals surface area (Å²) in [5.74, 6) is 0. The highest BCUT2D eigenvalue weighted by atomic mass is 16.3. The van der Waals surface area contributed by atoms with E-state index in [2.05, 4.69) is 44.3 Å². The van der Waals surface area contributed by atoms with Crippen LogP contribution in [0, 0.1) is 13.8 Å². The van der Waals surface area contributed by atoms with Gasteiger partial charge in [0.15, 0.2) is 0 Å². The summed E-state index contributed by atoms with van der Waals surface area (Å²) in [4.78, 5) is 0. The average Bonchev–Trinajstić information content (AvgIpc) is 2.88. The van der Waals surface area contributed by atoms with Crippen LogP contribution in [-0.4, -0.2) is 6.54 Å². The molecule has 1 aromatic carbocycles. The fraction of sp³-hybridized carbons (Fsp3) is 0.412. The minimum Gasteiger partial charge on any atom is -0.472 e. The van der Waals surface area contributed by atoms with Gasteiger partial charge in [-0.3, -0.25) is 0 Å². The van der Waals surface area contributed by atoms with Gasteiger partial charge in [0.2, 0.25) is 0 Å². The summed E-state index contributed by atoms with van der Waals surface area (Å²) < 4.78 is 5.19. The normalized spacial score (nSPS) is 12.6. The molecule has 2 aromatic rings. The highest BCUT2D eigenvalue weighted by Gasteiger charge is 2.16. The van der Waals surface area contributed by atoms with Crippen molar-refractivity contribution in [1.29, 1.82) is 0 Å². The Morgan fingerprint density at radius 3 is 2.47 bits per heavy atom. The lowest BCUT2D eigenvalue weighted by Gasteiger charge is -2.22. The number of furan rings is 1. The molecule has 0 aliphatic carbocycles. The Morgan fingerprint density at radius 2 is 1.89 bits per heavy atom. The summed E-state index contributed by atoms with van der Waals surface area (Å²) in [6.07, 6.45) is 5.71. The average molecular weight is 257 g/mol. The van der Waals surface area contributed by atoms with Gasteiger partial charge in [0.1, 0.15) is 0 Å². The second kappa shape index (κ2) is 6.58. The zero-order valence-electron chi connectivity index (χ0n) is 12.1. The van der Waals surface area contributed by atoms with Crippen LogP contribution < -0.4 is 5.32 Å². The first kappa shape index (κ1) is 13.9. The smallest absolute Gasteiger partial charge is 0.0935 e. The van der Waals surface area contributed by atoms with Crippen molar-refractivity contribution in [3.8, 4) is 0 Å². The SMILES string of the molecule is CCCNC(Cc1ccoc1)c1c(C)cccc1C. The van der Waals surface area contributed by atoms with Crippen molar-refractivity contribution in [3.63, 3.8) is 0 Å². The van der Waals surface area contributed by atoms with E-state index in [-0.39, 0.29) is 0 Å². The van der Waals surface area contributed by atoms with E-state index >= 15 is 0 Å². The van der Waals surface area contributed by atoms with Gasteiger partial charge in [-0.1, -0.05) is 25.1 Å². The lowest BCUT2D eigenvalue weighted by atomic mass is 9.92. The molecule has 1 aromatic heterocycles. The largest absolute Gasteiger partial charge is 0.472 e. The molecule has 19 heavy (non-hydrogen) atoms. The highest BCUT2D eigenvalue weighted by molar-refractivity contribution is 5.37. The molecule has 0 amide bonds. The first-order chi connectivity index (χ1) is 9.22. The van der Waals surface area contributed by atoms with Crippen LogP contribution in [0.3, 0.4) is 0 Å². The van der Waals surface area contributed by atoms with E-state index in [4.69, 9.17) is 4.42 Å². The maximum absolute atomic E-state index is 5.19. The van der Waals surface area contributed by atoms with E-state index in [1.165, 1.54) is 22.3 Å². The third-order valence-corrected chi connectivity index (χ3v) is 3.55. The minimum atomic E-state index is 0.360. The van der Waals surface area contributed by atoms with Crippen molar-refractivity contribution in [3.05, 3.63) is 59.0 Å². The first-order valence-corrected chi connectivity index (χ1v) is 7.03. The van der Waals surface area contributed by atoms with Gasteiger partial charge < -0.3 is 9.73 Å². The van der Waals surface area contributed by atoms with Crippen LogP contribution in [0.4, 0.5) is 0 Å². The minimum absolute atomic E-state index is 0.360. The zero-order chi connectivity index (χ0) is 13.7. The maximum Gasteiger partial charge on any atom is 0.0935 e. The van der Waals surface area contributed by atoms with Gasteiger partial charge in [-0.15, -0.1) is 0 Å². The number of hydrogen-bond acceptors (Lipinski definition) is 2. The van der Waals surface area contributed by atoms with Crippen LogP contribution in [0.25, 0.3) is 0 Å². The standard InChI is InChI=1S/C17H23NO/c1-4-9-18-16(11-15-8-10-19-12-15)17-13(2)6-5-7-14(17)3/h5-8,10,12,16,18H,4,9,11H2,1-3H3. The summed E-state index contributed by atoms with van der Waals surface area (Å²) in [6, 6.07) is 8.92. The van der Waals surface area contributed by atoms with E-state index in [1.54, 1.807) is 6.26 Å². The third kappa shape index (κ3) is 3.48. The van der Waals surface area contributed by atoms with E-state index < -0.39 is 0 Å². The number of hydrogen-bond donors (Lipinski definition) is 1. The van der Waals surface area contributed by atoms with Gasteiger partial charge in [-0.25, -0.2) is 0 Å². The number of rotatable bonds is 6. The fourth-order valence-electron chi connectivity index (χ4n) is 2.62. The van der Waals surface area contributed by atoms with Crippen molar-refractivity contribution >= 4 is 0 Å². The summed E-state index contributed by atoms with van der Waals surface area (Å²) in [6.45, 7) is 7.62. The maximum atomic E-state index is 5.19. The Balaban J connectivity index is 2.26. The topological polar surface area (TPSA) is 25.2 Å². The van der Waals surface area contributed by atoms with Crippen LogP contribution in [0.2, 0.25) is 0 Å². The lowest BCUT2D eigenvalue weighted by Crippen LogP contribution is -2.25.